The molecule has 3 heteroatoms. The van der Waals surface area contributed by atoms with Gasteiger partial charge < -0.3 is 9.84 Å². The van der Waals surface area contributed by atoms with Crippen LogP contribution >= 0.6 is 0 Å². The van der Waals surface area contributed by atoms with Crippen LogP contribution in [0.5, 0.6) is 0 Å². The second-order valence-corrected chi connectivity index (χ2v) is 4.82. The van der Waals surface area contributed by atoms with Crippen molar-refractivity contribution in [1.82, 2.24) is 5.16 Å². The number of benzene rings is 1. The fourth-order valence-electron chi connectivity index (χ4n) is 1.46. The van der Waals surface area contributed by atoms with Crippen molar-refractivity contribution in [2.45, 2.75) is 26.3 Å². The Hall–Kier alpha value is -1.77. The number of hydrogen-bond donors (Lipinski definition) is 1. The van der Waals surface area contributed by atoms with Crippen molar-refractivity contribution < 1.29 is 4.52 Å². The third-order valence-electron chi connectivity index (χ3n) is 2.07. The molecule has 0 fully saturated rings. The fraction of sp³-hybridized carbons (Fsp3) is 0.308. The Balaban J connectivity index is 2.21. The molecule has 1 aromatic heterocycles. The summed E-state index contributed by atoms with van der Waals surface area (Å²) in [5, 5.41) is 7.26. The Morgan fingerprint density at radius 3 is 2.44 bits per heavy atom. The van der Waals surface area contributed by atoms with E-state index in [1.165, 1.54) is 0 Å². The first kappa shape index (κ1) is 10.7. The maximum Gasteiger partial charge on any atom is 0.170 e. The van der Waals surface area contributed by atoms with Crippen LogP contribution in [0, 0.1) is 0 Å². The summed E-state index contributed by atoms with van der Waals surface area (Å²) < 4.78 is 5.28. The molecule has 0 radical (unpaired) electrons. The molecule has 84 valence electrons. The molecule has 2 rings (SSSR count). The number of nitrogens with zero attached hydrogens (tertiary/aromatic N) is 1. The van der Waals surface area contributed by atoms with Crippen molar-refractivity contribution in [3.05, 3.63) is 36.4 Å². The van der Waals surface area contributed by atoms with Gasteiger partial charge in [0.1, 0.15) is 0 Å². The van der Waals surface area contributed by atoms with Crippen LogP contribution in [-0.2, 0) is 0 Å². The van der Waals surface area contributed by atoms with E-state index in [0.717, 1.165) is 17.1 Å². The van der Waals surface area contributed by atoms with E-state index in [1.54, 1.807) is 0 Å². The zero-order valence-electron chi connectivity index (χ0n) is 9.82. The Kier molecular flexibility index (Phi) is 2.69. The molecule has 1 heterocycles. The van der Waals surface area contributed by atoms with E-state index < -0.39 is 0 Å². The Labute approximate surface area is 95.5 Å². The molecule has 0 unspecified atom stereocenters. The van der Waals surface area contributed by atoms with Gasteiger partial charge >= 0.3 is 0 Å². The monoisotopic (exact) mass is 216 g/mol. The van der Waals surface area contributed by atoms with Gasteiger partial charge in [-0.2, -0.15) is 0 Å². The molecule has 3 nitrogen and oxygen atoms in total. The highest BCUT2D eigenvalue weighted by atomic mass is 16.5. The molecule has 0 amide bonds. The van der Waals surface area contributed by atoms with Crippen LogP contribution in [0.25, 0.3) is 11.3 Å². The quantitative estimate of drug-likeness (QED) is 0.834. The Morgan fingerprint density at radius 1 is 1.12 bits per heavy atom. The van der Waals surface area contributed by atoms with E-state index >= 15 is 0 Å². The van der Waals surface area contributed by atoms with Gasteiger partial charge in [0.05, 0.1) is 0 Å². The Morgan fingerprint density at radius 2 is 1.81 bits per heavy atom. The highest BCUT2D eigenvalue weighted by molar-refractivity contribution is 5.60. The number of nitrogens with one attached hydrogen (secondary N) is 1. The largest absolute Gasteiger partial charge is 0.363 e. The summed E-state index contributed by atoms with van der Waals surface area (Å²) in [6.07, 6.45) is 0. The molecule has 0 saturated carbocycles. The molecular weight excluding hydrogens is 200 g/mol. The van der Waals surface area contributed by atoms with Gasteiger partial charge in [0.15, 0.2) is 11.6 Å². The molecule has 0 spiro atoms. The molecule has 0 aliphatic heterocycles. The lowest BCUT2D eigenvalue weighted by molar-refractivity contribution is 0.432. The van der Waals surface area contributed by atoms with Crippen LogP contribution < -0.4 is 5.32 Å². The second-order valence-electron chi connectivity index (χ2n) is 4.82. The molecule has 2 aromatic rings. The van der Waals surface area contributed by atoms with E-state index in [-0.39, 0.29) is 5.54 Å². The van der Waals surface area contributed by atoms with Crippen LogP contribution in [-0.4, -0.2) is 10.7 Å². The second kappa shape index (κ2) is 4.00. The van der Waals surface area contributed by atoms with Gasteiger partial charge in [-0.25, -0.2) is 0 Å². The van der Waals surface area contributed by atoms with E-state index in [0.29, 0.717) is 0 Å². The first-order chi connectivity index (χ1) is 7.54. The molecule has 0 atom stereocenters. The number of rotatable bonds is 2. The Bertz CT molecular complexity index is 454. The zero-order valence-corrected chi connectivity index (χ0v) is 9.82. The normalized spacial score (nSPS) is 11.4. The maximum atomic E-state index is 5.28. The molecule has 1 aromatic carbocycles. The molecule has 0 aliphatic rings. The lowest BCUT2D eigenvalue weighted by Gasteiger charge is -2.19. The van der Waals surface area contributed by atoms with Crippen molar-refractivity contribution in [2.75, 3.05) is 5.32 Å². The number of anilines is 1. The average molecular weight is 216 g/mol. The maximum absolute atomic E-state index is 5.28. The summed E-state index contributed by atoms with van der Waals surface area (Å²) in [5.74, 6) is 1.55. The summed E-state index contributed by atoms with van der Waals surface area (Å²) >= 11 is 0. The minimum Gasteiger partial charge on any atom is -0.363 e. The SMILES string of the molecule is CC(C)(C)Nc1cc(-c2ccccc2)on1. The molecule has 16 heavy (non-hydrogen) atoms. The van der Waals surface area contributed by atoms with Gasteiger partial charge in [0, 0.05) is 17.2 Å². The highest BCUT2D eigenvalue weighted by Gasteiger charge is 2.13. The van der Waals surface area contributed by atoms with Gasteiger partial charge in [0.25, 0.3) is 0 Å². The van der Waals surface area contributed by atoms with Crippen LogP contribution in [0.3, 0.4) is 0 Å². The zero-order chi connectivity index (χ0) is 11.6. The van der Waals surface area contributed by atoms with E-state index in [1.807, 2.05) is 36.4 Å². The van der Waals surface area contributed by atoms with Crippen molar-refractivity contribution in [3.63, 3.8) is 0 Å². The lowest BCUT2D eigenvalue weighted by atomic mass is 10.1. The van der Waals surface area contributed by atoms with E-state index in [9.17, 15) is 0 Å². The smallest absolute Gasteiger partial charge is 0.170 e. The number of hydrogen-bond acceptors (Lipinski definition) is 3. The third-order valence-corrected chi connectivity index (χ3v) is 2.07. The lowest BCUT2D eigenvalue weighted by Crippen LogP contribution is -2.26. The molecule has 0 saturated heterocycles. The standard InChI is InChI=1S/C13H16N2O/c1-13(2,3)14-12-9-11(16-15-12)10-7-5-4-6-8-10/h4-9H,1-3H3,(H,14,15). The molecule has 0 aliphatic carbocycles. The molecular formula is C13H16N2O. The fourth-order valence-corrected chi connectivity index (χ4v) is 1.46. The van der Waals surface area contributed by atoms with Crippen LogP contribution in [0.2, 0.25) is 0 Å². The first-order valence-corrected chi connectivity index (χ1v) is 5.35. The minimum absolute atomic E-state index is 0.00910. The summed E-state index contributed by atoms with van der Waals surface area (Å²) in [4.78, 5) is 0. The van der Waals surface area contributed by atoms with Crippen LogP contribution in [0.1, 0.15) is 20.8 Å². The van der Waals surface area contributed by atoms with Crippen LogP contribution in [0.4, 0.5) is 5.82 Å². The van der Waals surface area contributed by atoms with E-state index in [4.69, 9.17) is 4.52 Å². The predicted molar refractivity (Wildman–Crippen MR) is 65.3 cm³/mol. The number of aromatic nitrogens is 1. The summed E-state index contributed by atoms with van der Waals surface area (Å²) in [7, 11) is 0. The van der Waals surface area contributed by atoms with Crippen molar-refractivity contribution in [2.24, 2.45) is 0 Å². The topological polar surface area (TPSA) is 38.1 Å². The first-order valence-electron chi connectivity index (χ1n) is 5.35. The van der Waals surface area contributed by atoms with Gasteiger partial charge in [-0.05, 0) is 20.8 Å². The van der Waals surface area contributed by atoms with Gasteiger partial charge in [-0.15, -0.1) is 0 Å². The summed E-state index contributed by atoms with van der Waals surface area (Å²) in [6.45, 7) is 6.26. The average Bonchev–Trinajstić information content (AvgIpc) is 2.65. The minimum atomic E-state index is -0.00910. The third kappa shape index (κ3) is 2.63. The van der Waals surface area contributed by atoms with Crippen molar-refractivity contribution in [3.8, 4) is 11.3 Å². The van der Waals surface area contributed by atoms with Gasteiger partial charge in [-0.1, -0.05) is 35.5 Å². The predicted octanol–water partition coefficient (Wildman–Crippen LogP) is 3.55. The molecule has 0 bridgehead atoms. The van der Waals surface area contributed by atoms with Crippen LogP contribution in [0.15, 0.2) is 40.9 Å². The van der Waals surface area contributed by atoms with Gasteiger partial charge in [-0.3, -0.25) is 0 Å². The highest BCUT2D eigenvalue weighted by Crippen LogP contribution is 2.23. The van der Waals surface area contributed by atoms with Crippen molar-refractivity contribution in [1.29, 1.82) is 0 Å². The summed E-state index contributed by atoms with van der Waals surface area (Å²) in [6, 6.07) is 11.9. The van der Waals surface area contributed by atoms with E-state index in [2.05, 4.69) is 31.2 Å². The summed E-state index contributed by atoms with van der Waals surface area (Å²) in [5.41, 5.74) is 1.03. The van der Waals surface area contributed by atoms with Crippen molar-refractivity contribution >= 4 is 5.82 Å². The molecule has 1 N–H and O–H groups in total. The van der Waals surface area contributed by atoms with Gasteiger partial charge in [0.2, 0.25) is 0 Å².